The average molecular weight is 262 g/mol. The van der Waals surface area contributed by atoms with Crippen LogP contribution in [0.25, 0.3) is 5.69 Å². The number of halogens is 1. The number of carbonyl (C=O) groups excluding carboxylic acids is 1. The number of amides is 1. The van der Waals surface area contributed by atoms with Crippen molar-refractivity contribution in [2.45, 2.75) is 6.42 Å². The van der Waals surface area contributed by atoms with Crippen LogP contribution in [-0.2, 0) is 6.42 Å². The molecule has 1 aromatic carbocycles. The summed E-state index contributed by atoms with van der Waals surface area (Å²) in [5.41, 5.74) is 6.85. The largest absolute Gasteiger partial charge is 0.354 e. The van der Waals surface area contributed by atoms with Crippen molar-refractivity contribution in [3.05, 3.63) is 47.5 Å². The van der Waals surface area contributed by atoms with Crippen LogP contribution < -0.4 is 11.1 Å². The van der Waals surface area contributed by atoms with Crippen molar-refractivity contribution in [3.8, 4) is 5.69 Å². The van der Waals surface area contributed by atoms with Crippen LogP contribution in [0.1, 0.15) is 16.1 Å². The Hall–Kier alpha value is -2.21. The molecule has 0 spiro atoms. The standard InChI is InChI=1S/C13H15FN4O/c1-16-13(19)11-6-8-18(17-11)12-9(5-7-15)3-2-4-10(12)14/h2-4,6,8H,5,7,15H2,1H3,(H,16,19). The van der Waals surface area contributed by atoms with Crippen molar-refractivity contribution < 1.29 is 9.18 Å². The molecule has 0 unspecified atom stereocenters. The third-order valence-electron chi connectivity index (χ3n) is 2.76. The second kappa shape index (κ2) is 5.62. The lowest BCUT2D eigenvalue weighted by molar-refractivity contribution is 0.0957. The predicted molar refractivity (Wildman–Crippen MR) is 69.7 cm³/mol. The number of carbonyl (C=O) groups is 1. The normalized spacial score (nSPS) is 10.5. The molecule has 0 radical (unpaired) electrons. The first-order valence-corrected chi connectivity index (χ1v) is 5.93. The molecule has 1 heterocycles. The molecule has 100 valence electrons. The van der Waals surface area contributed by atoms with Crippen molar-refractivity contribution in [3.63, 3.8) is 0 Å². The second-order valence-corrected chi connectivity index (χ2v) is 4.01. The number of nitrogens with one attached hydrogen (secondary N) is 1. The Morgan fingerprint density at radius 1 is 1.47 bits per heavy atom. The van der Waals surface area contributed by atoms with Gasteiger partial charge in [-0.1, -0.05) is 12.1 Å². The van der Waals surface area contributed by atoms with Gasteiger partial charge in [-0.05, 0) is 30.7 Å². The fourth-order valence-electron chi connectivity index (χ4n) is 1.87. The lowest BCUT2D eigenvalue weighted by atomic mass is 10.1. The van der Waals surface area contributed by atoms with Crippen molar-refractivity contribution >= 4 is 5.91 Å². The highest BCUT2D eigenvalue weighted by Crippen LogP contribution is 2.18. The van der Waals surface area contributed by atoms with E-state index in [1.165, 1.54) is 23.9 Å². The van der Waals surface area contributed by atoms with Crippen LogP contribution in [-0.4, -0.2) is 29.3 Å². The molecule has 0 bridgehead atoms. The maximum absolute atomic E-state index is 13.9. The molecule has 5 nitrogen and oxygen atoms in total. The maximum Gasteiger partial charge on any atom is 0.271 e. The second-order valence-electron chi connectivity index (χ2n) is 4.01. The molecule has 0 aliphatic rings. The Bertz CT molecular complexity index is 594. The van der Waals surface area contributed by atoms with Gasteiger partial charge in [-0.25, -0.2) is 9.07 Å². The summed E-state index contributed by atoms with van der Waals surface area (Å²) in [7, 11) is 1.52. The summed E-state index contributed by atoms with van der Waals surface area (Å²) >= 11 is 0. The highest BCUT2D eigenvalue weighted by molar-refractivity contribution is 5.91. The predicted octanol–water partition coefficient (Wildman–Crippen LogP) is 0.872. The van der Waals surface area contributed by atoms with Gasteiger partial charge in [-0.2, -0.15) is 5.10 Å². The van der Waals surface area contributed by atoms with E-state index >= 15 is 0 Å². The van der Waals surface area contributed by atoms with E-state index in [0.29, 0.717) is 18.7 Å². The Kier molecular flexibility index (Phi) is 3.91. The van der Waals surface area contributed by atoms with E-state index in [1.807, 2.05) is 0 Å². The number of para-hydroxylation sites is 1. The smallest absolute Gasteiger partial charge is 0.271 e. The van der Waals surface area contributed by atoms with Gasteiger partial charge in [0.1, 0.15) is 11.5 Å². The van der Waals surface area contributed by atoms with Crippen LogP contribution in [0, 0.1) is 5.82 Å². The minimum absolute atomic E-state index is 0.240. The van der Waals surface area contributed by atoms with Gasteiger partial charge in [-0.3, -0.25) is 4.79 Å². The molecular formula is C13H15FN4O. The van der Waals surface area contributed by atoms with Crippen LogP contribution in [0.3, 0.4) is 0 Å². The zero-order valence-electron chi connectivity index (χ0n) is 10.6. The highest BCUT2D eigenvalue weighted by Gasteiger charge is 2.13. The van der Waals surface area contributed by atoms with E-state index in [-0.39, 0.29) is 11.6 Å². The first-order valence-electron chi connectivity index (χ1n) is 5.93. The van der Waals surface area contributed by atoms with E-state index in [0.717, 1.165) is 5.56 Å². The van der Waals surface area contributed by atoms with E-state index in [9.17, 15) is 9.18 Å². The summed E-state index contributed by atoms with van der Waals surface area (Å²) in [6, 6.07) is 6.33. The van der Waals surface area contributed by atoms with Crippen LogP contribution in [0.4, 0.5) is 4.39 Å². The SMILES string of the molecule is CNC(=O)c1ccn(-c2c(F)cccc2CCN)n1. The van der Waals surface area contributed by atoms with E-state index in [2.05, 4.69) is 10.4 Å². The molecule has 0 aliphatic heterocycles. The molecule has 1 amide bonds. The molecule has 19 heavy (non-hydrogen) atoms. The number of rotatable bonds is 4. The Morgan fingerprint density at radius 2 is 2.26 bits per heavy atom. The molecule has 2 rings (SSSR count). The minimum Gasteiger partial charge on any atom is -0.354 e. The van der Waals surface area contributed by atoms with Crippen molar-refractivity contribution in [1.82, 2.24) is 15.1 Å². The van der Waals surface area contributed by atoms with Crippen LogP contribution in [0.2, 0.25) is 0 Å². The molecule has 3 N–H and O–H groups in total. The summed E-state index contributed by atoms with van der Waals surface area (Å²) in [6.07, 6.45) is 2.10. The minimum atomic E-state index is -0.391. The lowest BCUT2D eigenvalue weighted by Crippen LogP contribution is -2.18. The molecule has 0 aliphatic carbocycles. The fourth-order valence-corrected chi connectivity index (χ4v) is 1.87. The summed E-state index contributed by atoms with van der Waals surface area (Å²) < 4.78 is 15.3. The first-order chi connectivity index (χ1) is 9.17. The lowest BCUT2D eigenvalue weighted by Gasteiger charge is -2.09. The third kappa shape index (κ3) is 2.63. The summed E-state index contributed by atoms with van der Waals surface area (Å²) in [6.45, 7) is 0.417. The van der Waals surface area contributed by atoms with Crippen molar-refractivity contribution in [2.24, 2.45) is 5.73 Å². The van der Waals surface area contributed by atoms with Gasteiger partial charge < -0.3 is 11.1 Å². The molecule has 1 aromatic heterocycles. The molecule has 6 heteroatoms. The molecule has 0 atom stereocenters. The molecule has 0 fully saturated rings. The van der Waals surface area contributed by atoms with Crippen molar-refractivity contribution in [2.75, 3.05) is 13.6 Å². The first kappa shape index (κ1) is 13.2. The quantitative estimate of drug-likeness (QED) is 0.858. The maximum atomic E-state index is 13.9. The number of hydrogen-bond donors (Lipinski definition) is 2. The van der Waals surface area contributed by atoms with Gasteiger partial charge in [0.15, 0.2) is 5.69 Å². The van der Waals surface area contributed by atoms with Crippen molar-refractivity contribution in [1.29, 1.82) is 0 Å². The molecular weight excluding hydrogens is 247 g/mol. The summed E-state index contributed by atoms with van der Waals surface area (Å²) in [5.74, 6) is -0.701. The van der Waals surface area contributed by atoms with Crippen LogP contribution in [0.15, 0.2) is 30.5 Å². The molecule has 2 aromatic rings. The van der Waals surface area contributed by atoms with Crippen LogP contribution >= 0.6 is 0 Å². The Labute approximate surface area is 110 Å². The number of nitrogens with two attached hydrogens (primary N) is 1. The van der Waals surface area contributed by atoms with Crippen LogP contribution in [0.5, 0.6) is 0 Å². The van der Waals surface area contributed by atoms with Gasteiger partial charge in [0.2, 0.25) is 0 Å². The van der Waals surface area contributed by atoms with Gasteiger partial charge >= 0.3 is 0 Å². The highest BCUT2D eigenvalue weighted by atomic mass is 19.1. The molecule has 0 saturated carbocycles. The Morgan fingerprint density at radius 3 is 2.95 bits per heavy atom. The monoisotopic (exact) mass is 262 g/mol. The van der Waals surface area contributed by atoms with Gasteiger partial charge in [-0.15, -0.1) is 0 Å². The van der Waals surface area contributed by atoms with Gasteiger partial charge in [0.25, 0.3) is 5.91 Å². The number of hydrogen-bond acceptors (Lipinski definition) is 3. The summed E-state index contributed by atoms with van der Waals surface area (Å²) in [5, 5.41) is 6.55. The zero-order valence-corrected chi connectivity index (χ0v) is 10.6. The topological polar surface area (TPSA) is 72.9 Å². The Balaban J connectivity index is 2.46. The molecule has 0 saturated heterocycles. The zero-order chi connectivity index (χ0) is 13.8. The van der Waals surface area contributed by atoms with Gasteiger partial charge in [0.05, 0.1) is 0 Å². The van der Waals surface area contributed by atoms with E-state index < -0.39 is 5.82 Å². The van der Waals surface area contributed by atoms with Gasteiger partial charge in [0, 0.05) is 13.2 Å². The number of nitrogens with zero attached hydrogens (tertiary/aromatic N) is 2. The van der Waals surface area contributed by atoms with E-state index in [1.54, 1.807) is 18.3 Å². The van der Waals surface area contributed by atoms with E-state index in [4.69, 9.17) is 5.73 Å². The summed E-state index contributed by atoms with van der Waals surface area (Å²) in [4.78, 5) is 11.5. The number of aromatic nitrogens is 2. The fraction of sp³-hybridized carbons (Fsp3) is 0.231. The average Bonchev–Trinajstić information content (AvgIpc) is 2.87. The third-order valence-corrected chi connectivity index (χ3v) is 2.76. The number of benzene rings is 1.